The van der Waals surface area contributed by atoms with Gasteiger partial charge in [0.2, 0.25) is 0 Å². The van der Waals surface area contributed by atoms with Crippen molar-refractivity contribution in [3.63, 3.8) is 0 Å². The average molecular weight is 208 g/mol. The lowest BCUT2D eigenvalue weighted by atomic mass is 9.94. The third kappa shape index (κ3) is 9.85. The molecule has 0 aromatic carbocycles. The van der Waals surface area contributed by atoms with Gasteiger partial charge in [-0.15, -0.1) is 12.3 Å². The van der Waals surface area contributed by atoms with E-state index in [1.54, 1.807) is 0 Å². The Bertz CT molecular complexity index is 173. The van der Waals surface area contributed by atoms with Crippen LogP contribution in [0.25, 0.3) is 0 Å². The van der Waals surface area contributed by atoms with E-state index < -0.39 is 0 Å². The predicted octanol–water partition coefficient (Wildman–Crippen LogP) is 4.89. The Hall–Kier alpha value is -0.440. The van der Waals surface area contributed by atoms with E-state index in [1.807, 2.05) is 0 Å². The molecule has 0 aliphatic heterocycles. The topological polar surface area (TPSA) is 0 Å². The summed E-state index contributed by atoms with van der Waals surface area (Å²) in [6.45, 7) is 9.13. The molecule has 0 fully saturated rings. The van der Waals surface area contributed by atoms with Crippen molar-refractivity contribution in [2.75, 3.05) is 0 Å². The molecule has 0 bridgehead atoms. The highest BCUT2D eigenvalue weighted by Gasteiger charge is 2.04. The van der Waals surface area contributed by atoms with Crippen LogP contribution in [0, 0.1) is 30.1 Å². The molecule has 88 valence electrons. The Morgan fingerprint density at radius 1 is 0.867 bits per heavy atom. The molecule has 0 rings (SSSR count). The second kappa shape index (κ2) is 8.84. The van der Waals surface area contributed by atoms with Gasteiger partial charge < -0.3 is 0 Å². The SMILES string of the molecule is C#CC(C)CCCC(C)CCCC(C)C. The summed E-state index contributed by atoms with van der Waals surface area (Å²) in [7, 11) is 0. The zero-order chi connectivity index (χ0) is 11.7. The molecule has 0 aliphatic rings. The molecular formula is C15H28. The van der Waals surface area contributed by atoms with Gasteiger partial charge in [-0.3, -0.25) is 0 Å². The van der Waals surface area contributed by atoms with Gasteiger partial charge in [0.05, 0.1) is 0 Å². The first kappa shape index (κ1) is 14.6. The van der Waals surface area contributed by atoms with Crippen LogP contribution in [-0.4, -0.2) is 0 Å². The fraction of sp³-hybridized carbons (Fsp3) is 0.867. The van der Waals surface area contributed by atoms with E-state index in [9.17, 15) is 0 Å². The van der Waals surface area contributed by atoms with Crippen molar-refractivity contribution in [3.8, 4) is 12.3 Å². The van der Waals surface area contributed by atoms with Gasteiger partial charge in [0.1, 0.15) is 0 Å². The van der Waals surface area contributed by atoms with Crippen molar-refractivity contribution in [2.24, 2.45) is 17.8 Å². The van der Waals surface area contributed by atoms with Gasteiger partial charge in [-0.25, -0.2) is 0 Å². The molecule has 0 amide bonds. The van der Waals surface area contributed by atoms with Crippen LogP contribution >= 0.6 is 0 Å². The maximum atomic E-state index is 5.35. The molecule has 0 saturated heterocycles. The molecule has 0 aromatic heterocycles. The Kier molecular flexibility index (Phi) is 8.58. The fourth-order valence-corrected chi connectivity index (χ4v) is 1.87. The maximum absolute atomic E-state index is 5.35. The first-order valence-electron chi connectivity index (χ1n) is 6.52. The van der Waals surface area contributed by atoms with Gasteiger partial charge in [-0.1, -0.05) is 59.8 Å². The van der Waals surface area contributed by atoms with Crippen LogP contribution in [0.4, 0.5) is 0 Å². The van der Waals surface area contributed by atoms with Crippen LogP contribution in [-0.2, 0) is 0 Å². The molecule has 0 nitrogen and oxygen atoms in total. The van der Waals surface area contributed by atoms with Crippen LogP contribution in [0.2, 0.25) is 0 Å². The summed E-state index contributed by atoms with van der Waals surface area (Å²) in [5.41, 5.74) is 0. The Morgan fingerprint density at radius 2 is 1.40 bits per heavy atom. The van der Waals surface area contributed by atoms with E-state index >= 15 is 0 Å². The molecule has 0 N–H and O–H groups in total. The van der Waals surface area contributed by atoms with Gasteiger partial charge in [0.15, 0.2) is 0 Å². The summed E-state index contributed by atoms with van der Waals surface area (Å²) in [6.07, 6.45) is 13.4. The van der Waals surface area contributed by atoms with Crippen molar-refractivity contribution < 1.29 is 0 Å². The quantitative estimate of drug-likeness (QED) is 0.498. The molecule has 0 heterocycles. The normalized spacial score (nSPS) is 14.9. The third-order valence-corrected chi connectivity index (χ3v) is 3.10. The fourth-order valence-electron chi connectivity index (χ4n) is 1.87. The Morgan fingerprint density at radius 3 is 1.87 bits per heavy atom. The van der Waals surface area contributed by atoms with Crippen molar-refractivity contribution in [2.45, 2.75) is 66.2 Å². The number of terminal acetylenes is 1. The first-order chi connectivity index (χ1) is 7.06. The number of hydrogen-bond donors (Lipinski definition) is 0. The lowest BCUT2D eigenvalue weighted by Gasteiger charge is -2.12. The zero-order valence-electron chi connectivity index (χ0n) is 11.1. The monoisotopic (exact) mass is 208 g/mol. The summed E-state index contributed by atoms with van der Waals surface area (Å²) in [5, 5.41) is 0. The second-order valence-corrected chi connectivity index (χ2v) is 5.43. The van der Waals surface area contributed by atoms with E-state index in [4.69, 9.17) is 6.42 Å². The average Bonchev–Trinajstić information content (AvgIpc) is 2.17. The summed E-state index contributed by atoms with van der Waals surface area (Å²) < 4.78 is 0. The van der Waals surface area contributed by atoms with Crippen molar-refractivity contribution in [1.82, 2.24) is 0 Å². The second-order valence-electron chi connectivity index (χ2n) is 5.43. The largest absolute Gasteiger partial charge is 0.120 e. The highest BCUT2D eigenvalue weighted by molar-refractivity contribution is 4.89. The van der Waals surface area contributed by atoms with Gasteiger partial charge in [0, 0.05) is 5.92 Å². The number of rotatable bonds is 8. The molecule has 0 radical (unpaired) electrons. The van der Waals surface area contributed by atoms with E-state index in [2.05, 4.69) is 33.6 Å². The molecule has 2 atom stereocenters. The minimum atomic E-state index is 0.466. The van der Waals surface area contributed by atoms with E-state index in [0.717, 1.165) is 11.8 Å². The third-order valence-electron chi connectivity index (χ3n) is 3.10. The maximum Gasteiger partial charge on any atom is 0.0171 e. The van der Waals surface area contributed by atoms with Gasteiger partial charge in [0.25, 0.3) is 0 Å². The van der Waals surface area contributed by atoms with Crippen LogP contribution in [0.15, 0.2) is 0 Å². The Labute approximate surface area is 96.8 Å². The van der Waals surface area contributed by atoms with E-state index in [-0.39, 0.29) is 0 Å². The molecule has 0 spiro atoms. The van der Waals surface area contributed by atoms with Crippen LogP contribution in [0.1, 0.15) is 66.2 Å². The van der Waals surface area contributed by atoms with Gasteiger partial charge >= 0.3 is 0 Å². The first-order valence-corrected chi connectivity index (χ1v) is 6.52. The summed E-state index contributed by atoms with van der Waals surface area (Å²) in [5.74, 6) is 5.01. The minimum Gasteiger partial charge on any atom is -0.120 e. The highest BCUT2D eigenvalue weighted by Crippen LogP contribution is 2.18. The van der Waals surface area contributed by atoms with Crippen molar-refractivity contribution in [1.29, 1.82) is 0 Å². The highest BCUT2D eigenvalue weighted by atomic mass is 14.1. The molecular weight excluding hydrogens is 180 g/mol. The van der Waals surface area contributed by atoms with E-state index in [0.29, 0.717) is 5.92 Å². The number of hydrogen-bond acceptors (Lipinski definition) is 0. The predicted molar refractivity (Wildman–Crippen MR) is 69.7 cm³/mol. The summed E-state index contributed by atoms with van der Waals surface area (Å²) in [4.78, 5) is 0. The zero-order valence-corrected chi connectivity index (χ0v) is 11.1. The molecule has 0 aliphatic carbocycles. The smallest absolute Gasteiger partial charge is 0.0171 e. The Balaban J connectivity index is 3.34. The summed E-state index contributed by atoms with van der Waals surface area (Å²) >= 11 is 0. The minimum absolute atomic E-state index is 0.466. The standard InChI is InChI=1S/C15H28/c1-6-14(4)10-8-12-15(5)11-7-9-13(2)3/h1,13-15H,7-12H2,2-5H3. The lowest BCUT2D eigenvalue weighted by molar-refractivity contribution is 0.415. The van der Waals surface area contributed by atoms with Gasteiger partial charge in [-0.2, -0.15) is 0 Å². The molecule has 0 saturated carbocycles. The molecule has 0 aromatic rings. The van der Waals surface area contributed by atoms with Crippen LogP contribution in [0.5, 0.6) is 0 Å². The van der Waals surface area contributed by atoms with Crippen molar-refractivity contribution >= 4 is 0 Å². The van der Waals surface area contributed by atoms with E-state index in [1.165, 1.54) is 38.5 Å². The van der Waals surface area contributed by atoms with Gasteiger partial charge in [-0.05, 0) is 18.3 Å². The van der Waals surface area contributed by atoms with Crippen LogP contribution in [0.3, 0.4) is 0 Å². The molecule has 2 unspecified atom stereocenters. The van der Waals surface area contributed by atoms with Crippen LogP contribution < -0.4 is 0 Å². The lowest BCUT2D eigenvalue weighted by Crippen LogP contribution is -1.98. The molecule has 0 heteroatoms. The van der Waals surface area contributed by atoms with Crippen molar-refractivity contribution in [3.05, 3.63) is 0 Å². The summed E-state index contributed by atoms with van der Waals surface area (Å²) in [6, 6.07) is 0. The molecule has 15 heavy (non-hydrogen) atoms.